The monoisotopic (exact) mass is 317 g/mol. The van der Waals surface area contributed by atoms with E-state index in [-0.39, 0.29) is 12.0 Å². The van der Waals surface area contributed by atoms with Crippen LogP contribution in [-0.2, 0) is 6.42 Å². The lowest BCUT2D eigenvalue weighted by Crippen LogP contribution is -2.20. The van der Waals surface area contributed by atoms with Crippen LogP contribution in [-0.4, -0.2) is 23.6 Å². The van der Waals surface area contributed by atoms with Gasteiger partial charge >= 0.3 is 0 Å². The number of anilines is 1. The predicted octanol–water partition coefficient (Wildman–Crippen LogP) is 3.76. The third kappa shape index (κ3) is 3.54. The first kappa shape index (κ1) is 15.2. The van der Waals surface area contributed by atoms with Crippen molar-refractivity contribution in [3.8, 4) is 5.75 Å². The van der Waals surface area contributed by atoms with E-state index in [1.807, 2.05) is 24.3 Å². The smallest absolute Gasteiger partial charge is 0.124 e. The van der Waals surface area contributed by atoms with E-state index in [1.165, 1.54) is 11.1 Å². The summed E-state index contributed by atoms with van der Waals surface area (Å²) in [5, 5.41) is 12.6. The Labute approximate surface area is 135 Å². The lowest BCUT2D eigenvalue weighted by Gasteiger charge is -2.16. The summed E-state index contributed by atoms with van der Waals surface area (Å²) >= 11 is 5.57. The molecule has 0 spiro atoms. The van der Waals surface area contributed by atoms with Gasteiger partial charge in [0.1, 0.15) is 11.9 Å². The number of ether oxygens (including phenoxy) is 1. The predicted molar refractivity (Wildman–Crippen MR) is 89.8 cm³/mol. The molecule has 22 heavy (non-hydrogen) atoms. The average molecular weight is 318 g/mol. The van der Waals surface area contributed by atoms with Crippen LogP contribution in [0.3, 0.4) is 0 Å². The van der Waals surface area contributed by atoms with E-state index in [2.05, 4.69) is 29.6 Å². The average Bonchev–Trinajstić information content (AvgIpc) is 2.97. The van der Waals surface area contributed by atoms with Crippen molar-refractivity contribution in [1.29, 1.82) is 0 Å². The standard InChI is InChI=1S/C18H20ClNO2/c19-11-15(21)12-20-14-6-8-16(9-7-14)22-18-10-5-13-3-1-2-4-17(13)18/h1-4,6-9,15,18,20-21H,5,10-12H2. The number of aryl methyl sites for hydroxylation is 1. The van der Waals surface area contributed by atoms with Gasteiger partial charge in [-0.15, -0.1) is 11.6 Å². The zero-order valence-electron chi connectivity index (χ0n) is 12.3. The second kappa shape index (κ2) is 7.03. The lowest BCUT2D eigenvalue weighted by atomic mass is 10.1. The first-order valence-electron chi connectivity index (χ1n) is 7.58. The van der Waals surface area contributed by atoms with Gasteiger partial charge in [-0.1, -0.05) is 24.3 Å². The minimum absolute atomic E-state index is 0.146. The van der Waals surface area contributed by atoms with Gasteiger partial charge in [-0.25, -0.2) is 0 Å². The van der Waals surface area contributed by atoms with Crippen LogP contribution >= 0.6 is 11.6 Å². The van der Waals surface area contributed by atoms with Crippen LogP contribution in [0.1, 0.15) is 23.7 Å². The summed E-state index contributed by atoms with van der Waals surface area (Å²) in [6.45, 7) is 0.444. The van der Waals surface area contributed by atoms with E-state index < -0.39 is 6.10 Å². The molecular formula is C18H20ClNO2. The van der Waals surface area contributed by atoms with Gasteiger partial charge < -0.3 is 15.2 Å². The largest absolute Gasteiger partial charge is 0.486 e. The molecule has 3 nitrogen and oxygen atoms in total. The van der Waals surface area contributed by atoms with Crippen molar-refractivity contribution >= 4 is 17.3 Å². The Morgan fingerprint density at radius 3 is 2.73 bits per heavy atom. The van der Waals surface area contributed by atoms with Gasteiger partial charge in [0.2, 0.25) is 0 Å². The van der Waals surface area contributed by atoms with Crippen molar-refractivity contribution in [2.45, 2.75) is 25.0 Å². The number of fused-ring (bicyclic) bond motifs is 1. The second-order valence-corrected chi connectivity index (χ2v) is 5.87. The molecule has 0 saturated carbocycles. The quantitative estimate of drug-likeness (QED) is 0.797. The van der Waals surface area contributed by atoms with Gasteiger partial charge in [0.05, 0.1) is 12.0 Å². The molecule has 2 N–H and O–H groups in total. The van der Waals surface area contributed by atoms with Crippen molar-refractivity contribution in [3.63, 3.8) is 0 Å². The second-order valence-electron chi connectivity index (χ2n) is 5.56. The maximum absolute atomic E-state index is 9.44. The Morgan fingerprint density at radius 2 is 1.95 bits per heavy atom. The number of alkyl halides is 1. The molecule has 2 atom stereocenters. The number of benzene rings is 2. The van der Waals surface area contributed by atoms with Gasteiger partial charge in [0.15, 0.2) is 0 Å². The molecule has 0 heterocycles. The van der Waals surface area contributed by atoms with E-state index in [0.29, 0.717) is 6.54 Å². The van der Waals surface area contributed by atoms with Crippen molar-refractivity contribution in [2.24, 2.45) is 0 Å². The van der Waals surface area contributed by atoms with Crippen molar-refractivity contribution in [3.05, 3.63) is 59.7 Å². The number of nitrogens with one attached hydrogen (secondary N) is 1. The van der Waals surface area contributed by atoms with Crippen LogP contribution < -0.4 is 10.1 Å². The zero-order valence-corrected chi connectivity index (χ0v) is 13.1. The summed E-state index contributed by atoms with van der Waals surface area (Å²) in [4.78, 5) is 0. The number of hydrogen-bond acceptors (Lipinski definition) is 3. The molecule has 1 aliphatic rings. The maximum Gasteiger partial charge on any atom is 0.124 e. The summed E-state index contributed by atoms with van der Waals surface area (Å²) < 4.78 is 6.11. The highest BCUT2D eigenvalue weighted by Gasteiger charge is 2.23. The highest BCUT2D eigenvalue weighted by molar-refractivity contribution is 6.18. The Balaban J connectivity index is 1.60. The highest BCUT2D eigenvalue weighted by atomic mass is 35.5. The lowest BCUT2D eigenvalue weighted by molar-refractivity contribution is 0.207. The topological polar surface area (TPSA) is 41.5 Å². The number of hydrogen-bond donors (Lipinski definition) is 2. The van der Waals surface area contributed by atoms with Crippen LogP contribution in [0, 0.1) is 0 Å². The SMILES string of the molecule is OC(CCl)CNc1ccc(OC2CCc3ccccc32)cc1. The molecule has 0 aliphatic heterocycles. The van der Waals surface area contributed by atoms with E-state index >= 15 is 0 Å². The van der Waals surface area contributed by atoms with Gasteiger partial charge in [0.25, 0.3) is 0 Å². The molecule has 2 aromatic rings. The van der Waals surface area contributed by atoms with Gasteiger partial charge in [-0.05, 0) is 48.2 Å². The third-order valence-corrected chi connectivity index (χ3v) is 4.29. The molecule has 0 bridgehead atoms. The van der Waals surface area contributed by atoms with Crippen LogP contribution in [0.5, 0.6) is 5.75 Å². The molecule has 0 saturated heterocycles. The maximum atomic E-state index is 9.44. The summed E-state index contributed by atoms with van der Waals surface area (Å²) in [5.74, 6) is 1.10. The molecule has 2 aromatic carbocycles. The van der Waals surface area contributed by atoms with Crippen molar-refractivity contribution in [1.82, 2.24) is 0 Å². The Bertz CT molecular complexity index is 615. The van der Waals surface area contributed by atoms with Gasteiger partial charge in [-0.3, -0.25) is 0 Å². The molecule has 3 rings (SSSR count). The Hall–Kier alpha value is -1.71. The molecular weight excluding hydrogens is 298 g/mol. The fraction of sp³-hybridized carbons (Fsp3) is 0.333. The van der Waals surface area contributed by atoms with Gasteiger partial charge in [0, 0.05) is 12.2 Å². The van der Waals surface area contributed by atoms with E-state index in [4.69, 9.17) is 16.3 Å². The van der Waals surface area contributed by atoms with E-state index in [9.17, 15) is 5.11 Å². The number of halogens is 1. The molecule has 2 unspecified atom stereocenters. The summed E-state index contributed by atoms with van der Waals surface area (Å²) in [6, 6.07) is 16.3. The molecule has 0 radical (unpaired) electrons. The first-order chi connectivity index (χ1) is 10.8. The van der Waals surface area contributed by atoms with Crippen LogP contribution in [0.25, 0.3) is 0 Å². The van der Waals surface area contributed by atoms with Crippen LogP contribution in [0.4, 0.5) is 5.69 Å². The fourth-order valence-electron chi connectivity index (χ4n) is 2.75. The van der Waals surface area contributed by atoms with Gasteiger partial charge in [-0.2, -0.15) is 0 Å². The minimum Gasteiger partial charge on any atom is -0.486 e. The zero-order chi connectivity index (χ0) is 15.4. The van der Waals surface area contributed by atoms with Crippen LogP contribution in [0.2, 0.25) is 0 Å². The molecule has 1 aliphatic carbocycles. The minimum atomic E-state index is -0.535. The number of aliphatic hydroxyl groups excluding tert-OH is 1. The number of rotatable bonds is 6. The normalized spacial score (nSPS) is 17.8. The van der Waals surface area contributed by atoms with E-state index in [0.717, 1.165) is 24.3 Å². The van der Waals surface area contributed by atoms with Crippen LogP contribution in [0.15, 0.2) is 48.5 Å². The van der Waals surface area contributed by atoms with Crippen molar-refractivity contribution < 1.29 is 9.84 Å². The Kier molecular flexibility index (Phi) is 4.86. The molecule has 4 heteroatoms. The third-order valence-electron chi connectivity index (χ3n) is 3.93. The highest BCUT2D eigenvalue weighted by Crippen LogP contribution is 2.34. The fourth-order valence-corrected chi connectivity index (χ4v) is 2.86. The first-order valence-corrected chi connectivity index (χ1v) is 8.12. The summed E-state index contributed by atoms with van der Waals surface area (Å²) in [7, 11) is 0. The molecule has 0 aromatic heterocycles. The molecule has 0 amide bonds. The van der Waals surface area contributed by atoms with E-state index in [1.54, 1.807) is 0 Å². The summed E-state index contributed by atoms with van der Waals surface area (Å²) in [6.07, 6.45) is 1.72. The molecule has 0 fully saturated rings. The molecule has 116 valence electrons. The number of aliphatic hydroxyl groups is 1. The summed E-state index contributed by atoms with van der Waals surface area (Å²) in [5.41, 5.74) is 3.64. The Morgan fingerprint density at radius 1 is 1.18 bits per heavy atom. The van der Waals surface area contributed by atoms with Crippen molar-refractivity contribution in [2.75, 3.05) is 17.7 Å².